The van der Waals surface area contributed by atoms with Gasteiger partial charge in [-0.15, -0.1) is 0 Å². The molecule has 0 aliphatic carbocycles. The number of carbonyl (C=O) groups is 2. The number of aromatic nitrogens is 1. The molecular formula is C22H30N4O2. The van der Waals surface area contributed by atoms with E-state index >= 15 is 0 Å². The molecule has 6 nitrogen and oxygen atoms in total. The summed E-state index contributed by atoms with van der Waals surface area (Å²) >= 11 is 0. The number of aryl methyl sites for hydroxylation is 1. The average molecular weight is 383 g/mol. The molecule has 0 fully saturated rings. The molecule has 1 N–H and O–H groups in total. The second-order valence-electron chi connectivity index (χ2n) is 6.66. The molecule has 150 valence electrons. The molecule has 0 spiro atoms. The third-order valence-electron chi connectivity index (χ3n) is 4.74. The maximum absolute atomic E-state index is 12.2. The van der Waals surface area contributed by atoms with Gasteiger partial charge in [-0.25, -0.2) is 0 Å². The Bertz CT molecular complexity index is 788. The van der Waals surface area contributed by atoms with Crippen molar-refractivity contribution in [2.24, 2.45) is 0 Å². The average Bonchev–Trinajstić information content (AvgIpc) is 2.69. The van der Waals surface area contributed by atoms with E-state index in [1.807, 2.05) is 37.3 Å². The van der Waals surface area contributed by atoms with Crippen molar-refractivity contribution in [3.63, 3.8) is 0 Å². The van der Waals surface area contributed by atoms with Crippen LogP contribution in [0.25, 0.3) is 0 Å². The van der Waals surface area contributed by atoms with E-state index in [-0.39, 0.29) is 18.2 Å². The van der Waals surface area contributed by atoms with E-state index in [4.69, 9.17) is 0 Å². The Morgan fingerprint density at radius 1 is 1.11 bits per heavy atom. The van der Waals surface area contributed by atoms with Crippen LogP contribution in [-0.4, -0.2) is 36.4 Å². The fourth-order valence-corrected chi connectivity index (χ4v) is 3.17. The van der Waals surface area contributed by atoms with Crippen molar-refractivity contribution in [1.82, 2.24) is 10.3 Å². The van der Waals surface area contributed by atoms with Crippen LogP contribution in [0.2, 0.25) is 0 Å². The topological polar surface area (TPSA) is 65.5 Å². The van der Waals surface area contributed by atoms with E-state index in [1.165, 1.54) is 6.92 Å². The van der Waals surface area contributed by atoms with E-state index in [1.54, 1.807) is 11.1 Å². The molecule has 1 aromatic carbocycles. The van der Waals surface area contributed by atoms with Crippen molar-refractivity contribution in [3.8, 4) is 0 Å². The molecule has 0 aliphatic heterocycles. The van der Waals surface area contributed by atoms with Crippen LogP contribution in [0.3, 0.4) is 0 Å². The summed E-state index contributed by atoms with van der Waals surface area (Å²) in [6, 6.07) is 11.7. The number of benzene rings is 1. The number of pyridine rings is 1. The zero-order valence-corrected chi connectivity index (χ0v) is 17.2. The van der Waals surface area contributed by atoms with Crippen LogP contribution in [0.5, 0.6) is 0 Å². The summed E-state index contributed by atoms with van der Waals surface area (Å²) < 4.78 is 0. The standard InChI is InChI=1S/C22H30N4O2/c1-5-25(6-2)20-10-11-21(17(3)15-20)26(18(4)27)14-12-22(28)24-16-19-9-7-8-13-23-19/h7-11,13,15H,5-6,12,14,16H2,1-4H3,(H,24,28). The Morgan fingerprint density at radius 2 is 1.86 bits per heavy atom. The highest BCUT2D eigenvalue weighted by molar-refractivity contribution is 5.93. The number of nitrogens with zero attached hydrogens (tertiary/aromatic N) is 3. The van der Waals surface area contributed by atoms with Crippen molar-refractivity contribution in [3.05, 3.63) is 53.9 Å². The van der Waals surface area contributed by atoms with E-state index in [9.17, 15) is 9.59 Å². The van der Waals surface area contributed by atoms with E-state index in [2.05, 4.69) is 35.1 Å². The van der Waals surface area contributed by atoms with Gasteiger partial charge in [0.25, 0.3) is 0 Å². The largest absolute Gasteiger partial charge is 0.372 e. The highest BCUT2D eigenvalue weighted by Gasteiger charge is 2.16. The normalized spacial score (nSPS) is 10.4. The van der Waals surface area contributed by atoms with Gasteiger partial charge in [-0.2, -0.15) is 0 Å². The molecule has 1 aromatic heterocycles. The summed E-state index contributed by atoms with van der Waals surface area (Å²) in [6.45, 7) is 10.4. The number of anilines is 2. The minimum absolute atomic E-state index is 0.0729. The Balaban J connectivity index is 2.01. The van der Waals surface area contributed by atoms with Crippen LogP contribution in [0, 0.1) is 6.92 Å². The molecule has 0 saturated heterocycles. The summed E-state index contributed by atoms with van der Waals surface area (Å²) in [4.78, 5) is 32.5. The zero-order chi connectivity index (χ0) is 20.5. The summed E-state index contributed by atoms with van der Waals surface area (Å²) in [5.74, 6) is -0.175. The highest BCUT2D eigenvalue weighted by atomic mass is 16.2. The summed E-state index contributed by atoms with van der Waals surface area (Å²) in [5, 5.41) is 2.85. The first-order chi connectivity index (χ1) is 13.5. The maximum Gasteiger partial charge on any atom is 0.223 e. The Hall–Kier alpha value is -2.89. The van der Waals surface area contributed by atoms with Gasteiger partial charge in [0.05, 0.1) is 12.2 Å². The van der Waals surface area contributed by atoms with Crippen LogP contribution in [-0.2, 0) is 16.1 Å². The third kappa shape index (κ3) is 5.81. The van der Waals surface area contributed by atoms with Crippen molar-refractivity contribution in [2.45, 2.75) is 40.7 Å². The molecule has 0 radical (unpaired) electrons. The van der Waals surface area contributed by atoms with Crippen LogP contribution < -0.4 is 15.1 Å². The second kappa shape index (κ2) is 10.4. The molecule has 2 aromatic rings. The van der Waals surface area contributed by atoms with Gasteiger partial charge in [-0.1, -0.05) is 6.07 Å². The molecule has 2 rings (SSSR count). The van der Waals surface area contributed by atoms with Gasteiger partial charge >= 0.3 is 0 Å². The van der Waals surface area contributed by atoms with Gasteiger partial charge in [0, 0.05) is 50.6 Å². The van der Waals surface area contributed by atoms with Crippen molar-refractivity contribution < 1.29 is 9.59 Å². The lowest BCUT2D eigenvalue weighted by atomic mass is 10.1. The van der Waals surface area contributed by atoms with Gasteiger partial charge < -0.3 is 15.1 Å². The second-order valence-corrected chi connectivity index (χ2v) is 6.66. The quantitative estimate of drug-likeness (QED) is 0.723. The van der Waals surface area contributed by atoms with Crippen molar-refractivity contribution in [2.75, 3.05) is 29.4 Å². The van der Waals surface area contributed by atoms with Crippen LogP contribution >= 0.6 is 0 Å². The van der Waals surface area contributed by atoms with Crippen molar-refractivity contribution >= 4 is 23.2 Å². The number of nitrogens with one attached hydrogen (secondary N) is 1. The van der Waals surface area contributed by atoms with Crippen molar-refractivity contribution in [1.29, 1.82) is 0 Å². The molecule has 0 saturated carbocycles. The summed E-state index contributed by atoms with van der Waals surface area (Å²) in [5.41, 5.74) is 3.82. The number of amides is 2. The predicted octanol–water partition coefficient (Wildman–Crippen LogP) is 3.30. The van der Waals surface area contributed by atoms with Crippen LogP contribution in [0.15, 0.2) is 42.6 Å². The predicted molar refractivity (Wildman–Crippen MR) is 113 cm³/mol. The lowest BCUT2D eigenvalue weighted by Crippen LogP contribution is -2.34. The van der Waals surface area contributed by atoms with E-state index < -0.39 is 0 Å². The SMILES string of the molecule is CCN(CC)c1ccc(N(CCC(=O)NCc2ccccn2)C(C)=O)c(C)c1. The molecule has 6 heteroatoms. The first-order valence-electron chi connectivity index (χ1n) is 9.76. The van der Waals surface area contributed by atoms with Gasteiger partial charge in [0.15, 0.2) is 0 Å². The van der Waals surface area contributed by atoms with Gasteiger partial charge in [-0.05, 0) is 56.7 Å². The summed E-state index contributed by atoms with van der Waals surface area (Å²) in [6.07, 6.45) is 1.94. The number of hydrogen-bond acceptors (Lipinski definition) is 4. The number of rotatable bonds is 9. The van der Waals surface area contributed by atoms with Crippen LogP contribution in [0.4, 0.5) is 11.4 Å². The molecule has 0 unspecified atom stereocenters. The van der Waals surface area contributed by atoms with Crippen LogP contribution in [0.1, 0.15) is 38.4 Å². The zero-order valence-electron chi connectivity index (χ0n) is 17.2. The molecule has 1 heterocycles. The molecule has 2 amide bonds. The number of carbonyl (C=O) groups excluding carboxylic acids is 2. The van der Waals surface area contributed by atoms with Gasteiger partial charge in [-0.3, -0.25) is 14.6 Å². The van der Waals surface area contributed by atoms with Gasteiger partial charge in [0.2, 0.25) is 11.8 Å². The lowest BCUT2D eigenvalue weighted by molar-refractivity contribution is -0.121. The maximum atomic E-state index is 12.2. The third-order valence-corrected chi connectivity index (χ3v) is 4.74. The molecule has 0 bridgehead atoms. The number of hydrogen-bond donors (Lipinski definition) is 1. The summed E-state index contributed by atoms with van der Waals surface area (Å²) in [7, 11) is 0. The smallest absolute Gasteiger partial charge is 0.223 e. The van der Waals surface area contributed by atoms with Gasteiger partial charge in [0.1, 0.15) is 0 Å². The minimum Gasteiger partial charge on any atom is -0.372 e. The van der Waals surface area contributed by atoms with E-state index in [0.717, 1.165) is 35.7 Å². The molecule has 0 atom stereocenters. The minimum atomic E-state index is -0.102. The van der Waals surface area contributed by atoms with E-state index in [0.29, 0.717) is 13.1 Å². The lowest BCUT2D eigenvalue weighted by Gasteiger charge is -2.26. The fraction of sp³-hybridized carbons (Fsp3) is 0.409. The molecular weight excluding hydrogens is 352 g/mol. The Morgan fingerprint density at radius 3 is 2.43 bits per heavy atom. The first-order valence-corrected chi connectivity index (χ1v) is 9.76. The molecule has 0 aliphatic rings. The molecule has 28 heavy (non-hydrogen) atoms. The monoisotopic (exact) mass is 382 g/mol. The highest BCUT2D eigenvalue weighted by Crippen LogP contribution is 2.26. The fourth-order valence-electron chi connectivity index (χ4n) is 3.17. The first kappa shape index (κ1) is 21.4. The Labute approximate surface area is 167 Å². The Kier molecular flexibility index (Phi) is 7.99.